The van der Waals surface area contributed by atoms with Gasteiger partial charge in [-0.2, -0.15) is 0 Å². The molecule has 0 fully saturated rings. The smallest absolute Gasteiger partial charge is 0.00702 e. The second-order valence-electron chi connectivity index (χ2n) is 3.80. The predicted octanol–water partition coefficient (Wildman–Crippen LogP) is 3.31. The molecule has 0 aliphatic heterocycles. The second kappa shape index (κ2) is 6.20. The largest absolute Gasteiger partial charge is 0.314 e. The second-order valence-corrected chi connectivity index (χ2v) is 4.83. The number of hydrogen-bond donors (Lipinski definition) is 1. The van der Waals surface area contributed by atoms with Gasteiger partial charge in [-0.3, -0.25) is 0 Å². The summed E-state index contributed by atoms with van der Waals surface area (Å²) in [5, 5.41) is 5.68. The lowest BCUT2D eigenvalue weighted by molar-refractivity contribution is 0.369. The van der Waals surface area contributed by atoms with Crippen molar-refractivity contribution in [3.63, 3.8) is 0 Å². The van der Waals surface area contributed by atoms with E-state index in [9.17, 15) is 0 Å². The fourth-order valence-electron chi connectivity index (χ4n) is 1.85. The summed E-state index contributed by atoms with van der Waals surface area (Å²) >= 11 is 1.87. The van der Waals surface area contributed by atoms with E-state index in [1.807, 2.05) is 11.3 Å². The maximum Gasteiger partial charge on any atom is 0.00702 e. The van der Waals surface area contributed by atoms with E-state index in [1.54, 1.807) is 0 Å². The topological polar surface area (TPSA) is 12.0 Å². The molecule has 0 spiro atoms. The van der Waals surface area contributed by atoms with Gasteiger partial charge in [-0.15, -0.1) is 11.3 Å². The summed E-state index contributed by atoms with van der Waals surface area (Å²) in [7, 11) is 0. The first-order chi connectivity index (χ1) is 6.77. The van der Waals surface area contributed by atoms with Crippen LogP contribution in [0.3, 0.4) is 0 Å². The summed E-state index contributed by atoms with van der Waals surface area (Å²) in [6.07, 6.45) is 2.48. The molecule has 80 valence electrons. The first kappa shape index (κ1) is 11.7. The van der Waals surface area contributed by atoms with Gasteiger partial charge in [-0.05, 0) is 37.3 Å². The van der Waals surface area contributed by atoms with Gasteiger partial charge in [0.2, 0.25) is 0 Å². The molecule has 0 amide bonds. The zero-order valence-electron chi connectivity index (χ0n) is 9.42. The highest BCUT2D eigenvalue weighted by Crippen LogP contribution is 2.19. The molecule has 0 bridgehead atoms. The monoisotopic (exact) mass is 211 g/mol. The molecule has 0 saturated carbocycles. The van der Waals surface area contributed by atoms with Crippen LogP contribution in [0.1, 0.15) is 32.1 Å². The predicted molar refractivity (Wildman–Crippen MR) is 64.9 cm³/mol. The van der Waals surface area contributed by atoms with Crippen LogP contribution >= 0.6 is 11.3 Å². The molecule has 2 atom stereocenters. The minimum atomic E-state index is 0.632. The maximum absolute atomic E-state index is 3.51. The van der Waals surface area contributed by atoms with Crippen LogP contribution in [0.2, 0.25) is 0 Å². The van der Waals surface area contributed by atoms with E-state index >= 15 is 0 Å². The Morgan fingerprint density at radius 3 is 2.71 bits per heavy atom. The normalized spacial score (nSPS) is 15.4. The lowest BCUT2D eigenvalue weighted by Gasteiger charge is -2.22. The highest BCUT2D eigenvalue weighted by Gasteiger charge is 2.14. The Bertz CT molecular complexity index is 230. The van der Waals surface area contributed by atoms with E-state index in [2.05, 4.69) is 43.6 Å². The third-order valence-corrected chi connectivity index (χ3v) is 3.70. The Morgan fingerprint density at radius 1 is 1.43 bits per heavy atom. The molecule has 0 radical (unpaired) electrons. The summed E-state index contributed by atoms with van der Waals surface area (Å²) in [6.45, 7) is 7.83. The zero-order valence-corrected chi connectivity index (χ0v) is 10.2. The van der Waals surface area contributed by atoms with Crippen molar-refractivity contribution in [1.82, 2.24) is 5.32 Å². The van der Waals surface area contributed by atoms with Crippen molar-refractivity contribution in [2.45, 2.75) is 39.7 Å². The molecule has 0 saturated heterocycles. The highest BCUT2D eigenvalue weighted by molar-refractivity contribution is 7.09. The number of rotatable bonds is 6. The summed E-state index contributed by atoms with van der Waals surface area (Å²) in [5.41, 5.74) is 0. The lowest BCUT2D eigenvalue weighted by atomic mass is 9.94. The van der Waals surface area contributed by atoms with Crippen molar-refractivity contribution < 1.29 is 0 Å². The van der Waals surface area contributed by atoms with Gasteiger partial charge < -0.3 is 5.32 Å². The molecule has 14 heavy (non-hydrogen) atoms. The third kappa shape index (κ3) is 3.43. The summed E-state index contributed by atoms with van der Waals surface area (Å²) in [6, 6.07) is 5.02. The SMILES string of the molecule is CCNC(C)C(CC)Cc1cccs1. The van der Waals surface area contributed by atoms with Crippen LogP contribution in [-0.2, 0) is 6.42 Å². The van der Waals surface area contributed by atoms with Crippen molar-refractivity contribution in [2.24, 2.45) is 5.92 Å². The quantitative estimate of drug-likeness (QED) is 0.761. The van der Waals surface area contributed by atoms with Crippen molar-refractivity contribution in [3.8, 4) is 0 Å². The minimum absolute atomic E-state index is 0.632. The molecular weight excluding hydrogens is 190 g/mol. The molecule has 0 aromatic carbocycles. The van der Waals surface area contributed by atoms with Crippen LogP contribution in [0, 0.1) is 5.92 Å². The summed E-state index contributed by atoms with van der Waals surface area (Å²) < 4.78 is 0. The van der Waals surface area contributed by atoms with Gasteiger partial charge in [-0.1, -0.05) is 26.3 Å². The van der Waals surface area contributed by atoms with Crippen LogP contribution < -0.4 is 5.32 Å². The minimum Gasteiger partial charge on any atom is -0.314 e. The molecule has 1 nitrogen and oxygen atoms in total. The average molecular weight is 211 g/mol. The molecule has 0 aliphatic rings. The molecule has 2 heteroatoms. The molecule has 1 rings (SSSR count). The summed E-state index contributed by atoms with van der Waals surface area (Å²) in [4.78, 5) is 1.52. The van der Waals surface area contributed by atoms with Crippen LogP contribution in [0.5, 0.6) is 0 Å². The molecule has 1 N–H and O–H groups in total. The molecule has 1 aromatic rings. The fourth-order valence-corrected chi connectivity index (χ4v) is 2.65. The van der Waals surface area contributed by atoms with Gasteiger partial charge in [0.05, 0.1) is 0 Å². The van der Waals surface area contributed by atoms with Gasteiger partial charge in [0.25, 0.3) is 0 Å². The van der Waals surface area contributed by atoms with Crippen LogP contribution in [0.25, 0.3) is 0 Å². The van der Waals surface area contributed by atoms with Gasteiger partial charge in [-0.25, -0.2) is 0 Å². The van der Waals surface area contributed by atoms with E-state index in [4.69, 9.17) is 0 Å². The van der Waals surface area contributed by atoms with E-state index < -0.39 is 0 Å². The summed E-state index contributed by atoms with van der Waals surface area (Å²) in [5.74, 6) is 0.772. The van der Waals surface area contributed by atoms with Crippen LogP contribution in [-0.4, -0.2) is 12.6 Å². The lowest BCUT2D eigenvalue weighted by Crippen LogP contribution is -2.34. The zero-order chi connectivity index (χ0) is 10.4. The molecule has 2 unspecified atom stereocenters. The van der Waals surface area contributed by atoms with Gasteiger partial charge in [0, 0.05) is 10.9 Å². The van der Waals surface area contributed by atoms with Crippen LogP contribution in [0.15, 0.2) is 17.5 Å². The molecule has 1 heterocycles. The van der Waals surface area contributed by atoms with E-state index in [0.29, 0.717) is 6.04 Å². The van der Waals surface area contributed by atoms with Gasteiger partial charge >= 0.3 is 0 Å². The van der Waals surface area contributed by atoms with Gasteiger partial charge in [0.1, 0.15) is 0 Å². The number of hydrogen-bond acceptors (Lipinski definition) is 2. The Labute approximate surface area is 91.5 Å². The van der Waals surface area contributed by atoms with Crippen molar-refractivity contribution in [2.75, 3.05) is 6.54 Å². The molecule has 1 aromatic heterocycles. The Morgan fingerprint density at radius 2 is 2.21 bits per heavy atom. The van der Waals surface area contributed by atoms with Crippen molar-refractivity contribution >= 4 is 11.3 Å². The first-order valence-corrected chi connectivity index (χ1v) is 6.41. The maximum atomic E-state index is 3.51. The molecule has 0 aliphatic carbocycles. The Hall–Kier alpha value is -0.340. The Balaban J connectivity index is 2.46. The van der Waals surface area contributed by atoms with Crippen molar-refractivity contribution in [3.05, 3.63) is 22.4 Å². The fraction of sp³-hybridized carbons (Fsp3) is 0.667. The van der Waals surface area contributed by atoms with E-state index in [0.717, 1.165) is 12.5 Å². The Kier molecular flexibility index (Phi) is 5.20. The van der Waals surface area contributed by atoms with E-state index in [1.165, 1.54) is 17.7 Å². The van der Waals surface area contributed by atoms with E-state index in [-0.39, 0.29) is 0 Å². The average Bonchev–Trinajstić information content (AvgIpc) is 2.66. The third-order valence-electron chi connectivity index (χ3n) is 2.80. The van der Waals surface area contributed by atoms with Gasteiger partial charge in [0.15, 0.2) is 0 Å². The standard InChI is InChI=1S/C12H21NS/c1-4-11(10(3)13-5-2)9-12-7-6-8-14-12/h6-8,10-11,13H,4-5,9H2,1-3H3. The van der Waals surface area contributed by atoms with Crippen LogP contribution in [0.4, 0.5) is 0 Å². The molecular formula is C12H21NS. The first-order valence-electron chi connectivity index (χ1n) is 5.53. The number of nitrogens with one attached hydrogen (secondary N) is 1. The highest BCUT2D eigenvalue weighted by atomic mass is 32.1. The number of thiophene rings is 1. The van der Waals surface area contributed by atoms with Crippen molar-refractivity contribution in [1.29, 1.82) is 0 Å².